The van der Waals surface area contributed by atoms with Crippen LogP contribution in [-0.4, -0.2) is 4.57 Å². The molecule has 4 heteroatoms. The van der Waals surface area contributed by atoms with Crippen LogP contribution >= 0.6 is 15.9 Å². The van der Waals surface area contributed by atoms with E-state index in [1.807, 2.05) is 12.1 Å². The van der Waals surface area contributed by atoms with Crippen LogP contribution in [0.2, 0.25) is 0 Å². The van der Waals surface area contributed by atoms with Crippen molar-refractivity contribution in [2.45, 2.75) is 37.4 Å². The number of aryl methyl sites for hydroxylation is 1. The van der Waals surface area contributed by atoms with Crippen molar-refractivity contribution in [3.63, 3.8) is 0 Å². The molecule has 0 N–H and O–H groups in total. The predicted molar refractivity (Wildman–Crippen MR) is 79.7 cm³/mol. The minimum atomic E-state index is -0.301. The lowest BCUT2D eigenvalue weighted by atomic mass is 9.82. The lowest BCUT2D eigenvalue weighted by Crippen LogP contribution is -2.17. The first-order valence-corrected chi connectivity index (χ1v) is 7.66. The highest BCUT2D eigenvalue weighted by atomic mass is 79.9. The van der Waals surface area contributed by atoms with Crippen molar-refractivity contribution in [2.24, 2.45) is 12.5 Å². The van der Waals surface area contributed by atoms with Crippen LogP contribution in [0.5, 0.6) is 0 Å². The number of hydrogen-bond donors (Lipinski definition) is 0. The van der Waals surface area contributed by atoms with Crippen molar-refractivity contribution in [1.29, 1.82) is 0 Å². The van der Waals surface area contributed by atoms with Gasteiger partial charge in [0.2, 0.25) is 0 Å². The van der Waals surface area contributed by atoms with Gasteiger partial charge >= 0.3 is 5.76 Å². The van der Waals surface area contributed by atoms with E-state index in [-0.39, 0.29) is 5.76 Å². The van der Waals surface area contributed by atoms with Crippen LogP contribution in [0.25, 0.3) is 11.1 Å². The van der Waals surface area contributed by atoms with Gasteiger partial charge in [0.1, 0.15) is 0 Å². The van der Waals surface area contributed by atoms with Gasteiger partial charge in [-0.05, 0) is 36.0 Å². The lowest BCUT2D eigenvalue weighted by molar-refractivity contribution is 0.331. The minimum Gasteiger partial charge on any atom is -0.408 e. The van der Waals surface area contributed by atoms with Gasteiger partial charge in [0.05, 0.1) is 5.52 Å². The van der Waals surface area contributed by atoms with Crippen molar-refractivity contribution in [3.8, 4) is 0 Å². The zero-order chi connectivity index (χ0) is 13.6. The van der Waals surface area contributed by atoms with E-state index in [9.17, 15) is 4.79 Å². The first-order valence-electron chi connectivity index (χ1n) is 6.75. The third-order valence-corrected chi connectivity index (χ3v) is 6.10. The van der Waals surface area contributed by atoms with E-state index in [1.54, 1.807) is 11.6 Å². The Morgan fingerprint density at radius 3 is 2.74 bits per heavy atom. The van der Waals surface area contributed by atoms with Crippen LogP contribution in [-0.2, 0) is 7.05 Å². The van der Waals surface area contributed by atoms with E-state index in [2.05, 4.69) is 28.9 Å². The third kappa shape index (κ3) is 2.06. The number of alkyl halides is 1. The summed E-state index contributed by atoms with van der Waals surface area (Å²) in [4.78, 5) is 11.8. The maximum atomic E-state index is 11.5. The van der Waals surface area contributed by atoms with E-state index >= 15 is 0 Å². The summed E-state index contributed by atoms with van der Waals surface area (Å²) in [7, 11) is 1.73. The zero-order valence-electron chi connectivity index (χ0n) is 11.3. The molecule has 1 aliphatic carbocycles. The molecule has 0 aliphatic heterocycles. The van der Waals surface area contributed by atoms with Crippen LogP contribution in [0.1, 0.15) is 43.0 Å². The maximum Gasteiger partial charge on any atom is 0.419 e. The standard InChI is InChI=1S/C15H18BrNO2/c1-15(7-3-4-8-15)13(16)10-5-6-11-12(9-10)19-14(18)17(11)2/h5-6,9,13H,3-4,7-8H2,1-2H3. The Balaban J connectivity index is 2.03. The van der Waals surface area contributed by atoms with Crippen molar-refractivity contribution in [1.82, 2.24) is 4.57 Å². The molecule has 1 aromatic heterocycles. The van der Waals surface area contributed by atoms with Gasteiger partial charge in [0, 0.05) is 11.9 Å². The summed E-state index contributed by atoms with van der Waals surface area (Å²) >= 11 is 3.85. The Bertz CT molecular complexity index is 664. The van der Waals surface area contributed by atoms with Gasteiger partial charge in [-0.1, -0.05) is 41.8 Å². The highest BCUT2D eigenvalue weighted by Crippen LogP contribution is 2.51. The molecule has 19 heavy (non-hydrogen) atoms. The number of nitrogens with zero attached hydrogens (tertiary/aromatic N) is 1. The fraction of sp³-hybridized carbons (Fsp3) is 0.533. The molecule has 1 atom stereocenters. The Morgan fingerprint density at radius 1 is 1.37 bits per heavy atom. The molecule has 0 saturated heterocycles. The molecule has 1 heterocycles. The third-order valence-electron chi connectivity index (χ3n) is 4.47. The normalized spacial score (nSPS) is 19.9. The molecule has 3 rings (SSSR count). The fourth-order valence-electron chi connectivity index (χ4n) is 3.15. The average molecular weight is 324 g/mol. The highest BCUT2D eigenvalue weighted by molar-refractivity contribution is 9.09. The van der Waals surface area contributed by atoms with Gasteiger partial charge in [-0.15, -0.1) is 0 Å². The molecule has 102 valence electrons. The lowest BCUT2D eigenvalue weighted by Gasteiger charge is -2.30. The molecule has 1 aromatic carbocycles. The summed E-state index contributed by atoms with van der Waals surface area (Å²) in [5, 5.41) is 0. The predicted octanol–water partition coefficient (Wildman–Crippen LogP) is 4.15. The second-order valence-electron chi connectivity index (χ2n) is 5.88. The van der Waals surface area contributed by atoms with Crippen LogP contribution in [0.4, 0.5) is 0 Å². The van der Waals surface area contributed by atoms with Gasteiger partial charge in [-0.3, -0.25) is 4.57 Å². The summed E-state index contributed by atoms with van der Waals surface area (Å²) in [5.74, 6) is -0.301. The van der Waals surface area contributed by atoms with Crippen molar-refractivity contribution >= 4 is 27.0 Å². The summed E-state index contributed by atoms with van der Waals surface area (Å²) in [6.45, 7) is 2.34. The number of halogens is 1. The van der Waals surface area contributed by atoms with Crippen LogP contribution < -0.4 is 5.76 Å². The first kappa shape index (κ1) is 13.0. The first-order chi connectivity index (χ1) is 9.01. The molecule has 2 aromatic rings. The zero-order valence-corrected chi connectivity index (χ0v) is 12.9. The van der Waals surface area contributed by atoms with E-state index in [0.29, 0.717) is 15.8 Å². The molecular weight excluding hydrogens is 306 g/mol. The summed E-state index contributed by atoms with van der Waals surface area (Å²) in [6.07, 6.45) is 5.11. The Kier molecular flexibility index (Phi) is 3.08. The largest absolute Gasteiger partial charge is 0.419 e. The topological polar surface area (TPSA) is 35.1 Å². The smallest absolute Gasteiger partial charge is 0.408 e. The van der Waals surface area contributed by atoms with Crippen LogP contribution in [0.15, 0.2) is 27.4 Å². The van der Waals surface area contributed by atoms with E-state index in [4.69, 9.17) is 4.42 Å². The number of aromatic nitrogens is 1. The van der Waals surface area contributed by atoms with Gasteiger partial charge in [0.15, 0.2) is 5.58 Å². The molecule has 1 fully saturated rings. The van der Waals surface area contributed by atoms with Gasteiger partial charge in [-0.2, -0.15) is 0 Å². The summed E-state index contributed by atoms with van der Waals surface area (Å²) < 4.78 is 6.81. The molecule has 1 aliphatic rings. The Morgan fingerprint density at radius 2 is 2.05 bits per heavy atom. The molecule has 0 amide bonds. The van der Waals surface area contributed by atoms with Crippen molar-refractivity contribution in [3.05, 3.63) is 34.3 Å². The molecule has 0 bridgehead atoms. The second kappa shape index (κ2) is 4.51. The SMILES string of the molecule is Cn1c(=O)oc2cc(C(Br)C3(C)CCCC3)ccc21. The summed E-state index contributed by atoms with van der Waals surface area (Å²) in [6, 6.07) is 6.07. The van der Waals surface area contributed by atoms with E-state index < -0.39 is 0 Å². The number of hydrogen-bond acceptors (Lipinski definition) is 2. The van der Waals surface area contributed by atoms with E-state index in [1.165, 1.54) is 31.2 Å². The molecular formula is C15H18BrNO2. The van der Waals surface area contributed by atoms with Crippen LogP contribution in [0, 0.1) is 5.41 Å². The Labute approximate surface area is 120 Å². The molecule has 1 unspecified atom stereocenters. The van der Waals surface area contributed by atoms with Crippen molar-refractivity contribution < 1.29 is 4.42 Å². The van der Waals surface area contributed by atoms with Crippen molar-refractivity contribution in [2.75, 3.05) is 0 Å². The second-order valence-corrected chi connectivity index (χ2v) is 6.79. The number of benzene rings is 1. The minimum absolute atomic E-state index is 0.301. The fourth-order valence-corrected chi connectivity index (χ4v) is 3.89. The number of fused-ring (bicyclic) bond motifs is 1. The molecule has 0 spiro atoms. The highest BCUT2D eigenvalue weighted by Gasteiger charge is 2.36. The van der Waals surface area contributed by atoms with E-state index in [0.717, 1.165) is 5.52 Å². The monoisotopic (exact) mass is 323 g/mol. The molecule has 3 nitrogen and oxygen atoms in total. The Hall–Kier alpha value is -1.03. The van der Waals surface area contributed by atoms with Gasteiger partial charge in [-0.25, -0.2) is 4.79 Å². The van der Waals surface area contributed by atoms with Gasteiger partial charge < -0.3 is 4.42 Å². The summed E-state index contributed by atoms with van der Waals surface area (Å²) in [5.41, 5.74) is 3.04. The number of rotatable bonds is 2. The van der Waals surface area contributed by atoms with Crippen LogP contribution in [0.3, 0.4) is 0 Å². The average Bonchev–Trinajstić information content (AvgIpc) is 2.95. The maximum absolute atomic E-state index is 11.5. The number of oxazole rings is 1. The molecule has 0 radical (unpaired) electrons. The quantitative estimate of drug-likeness (QED) is 0.778. The van der Waals surface area contributed by atoms with Gasteiger partial charge in [0.25, 0.3) is 0 Å². The molecule has 1 saturated carbocycles.